The van der Waals surface area contributed by atoms with Gasteiger partial charge in [-0.15, -0.1) is 11.3 Å². The summed E-state index contributed by atoms with van der Waals surface area (Å²) >= 11 is 3.02. The van der Waals surface area contributed by atoms with E-state index < -0.39 is 10.3 Å². The first-order chi connectivity index (χ1) is 10.0. The molecule has 0 bridgehead atoms. The zero-order valence-electron chi connectivity index (χ0n) is 11.4. The smallest absolute Gasteiger partial charge is 0.260 e. The van der Waals surface area contributed by atoms with Gasteiger partial charge in [-0.2, -0.15) is 10.9 Å². The maximum Gasteiger partial charge on any atom is 0.369 e. The monoisotopic (exact) mass is 438 g/mol. The van der Waals surface area contributed by atoms with Crippen LogP contribution in [0.2, 0.25) is 0 Å². The molecule has 0 fully saturated rings. The van der Waals surface area contributed by atoms with Gasteiger partial charge in [-0.05, 0) is 30.5 Å². The molecular weight excluding hydrogens is 423 g/mol. The van der Waals surface area contributed by atoms with Crippen LogP contribution in [0.3, 0.4) is 0 Å². The van der Waals surface area contributed by atoms with Gasteiger partial charge in [0, 0.05) is 11.8 Å². The quantitative estimate of drug-likeness (QED) is 0.672. The topological polar surface area (TPSA) is 68.3 Å². The zero-order chi connectivity index (χ0) is 15.3. The predicted octanol–water partition coefficient (Wildman–Crippen LogP) is 3.51. The normalized spacial score (nSPS) is 11.5. The van der Waals surface area contributed by atoms with Crippen LogP contribution in [0, 0.1) is 0 Å². The van der Waals surface area contributed by atoms with Crippen LogP contribution in [0.1, 0.15) is 23.2 Å². The number of halogens is 1. The molecule has 21 heavy (non-hydrogen) atoms. The number of hydrogen-bond acceptors (Lipinski definition) is 5. The molecule has 1 aromatic heterocycles. The Morgan fingerprint density at radius 1 is 1.29 bits per heavy atom. The molecule has 2 aromatic rings. The highest BCUT2D eigenvalue weighted by atomic mass is 127. The van der Waals surface area contributed by atoms with Crippen molar-refractivity contribution in [1.29, 1.82) is 0 Å². The first-order valence-electron chi connectivity index (χ1n) is 6.37. The Hall–Kier alpha value is -0.710. The molecule has 1 N–H and O–H groups in total. The number of anilines is 1. The van der Waals surface area contributed by atoms with Crippen LogP contribution in [0.5, 0.6) is 0 Å². The van der Waals surface area contributed by atoms with Gasteiger partial charge in [0.05, 0.1) is 16.4 Å². The lowest BCUT2D eigenvalue weighted by Crippen LogP contribution is -2.11. The Morgan fingerprint density at radius 3 is 2.57 bits per heavy atom. The van der Waals surface area contributed by atoms with Gasteiger partial charge in [-0.3, -0.25) is 4.72 Å². The summed E-state index contributed by atoms with van der Waals surface area (Å²) in [6.45, 7) is 2.10. The van der Waals surface area contributed by atoms with E-state index in [1.54, 1.807) is 23.5 Å². The number of aromatic nitrogens is 1. The van der Waals surface area contributed by atoms with E-state index >= 15 is 0 Å². The highest BCUT2D eigenvalue weighted by Gasteiger charge is 2.08. The molecule has 0 saturated heterocycles. The van der Waals surface area contributed by atoms with E-state index in [1.165, 1.54) is 23.0 Å². The first kappa shape index (κ1) is 16.7. The molecule has 5 nitrogen and oxygen atoms in total. The minimum atomic E-state index is -3.71. The van der Waals surface area contributed by atoms with Crippen molar-refractivity contribution in [1.82, 2.24) is 4.98 Å². The minimum absolute atomic E-state index is 0.484. The number of nitrogens with one attached hydrogen (secondary N) is 1. The molecule has 2 rings (SSSR count). The Kier molecular flexibility index (Phi) is 5.97. The average molecular weight is 438 g/mol. The molecule has 1 heterocycles. The lowest BCUT2D eigenvalue weighted by molar-refractivity contribution is 0.543. The molecule has 0 aliphatic rings. The standard InChI is InChI=1S/C13H15IN2O3S2/c1-2-11-9-20-13(15-11)8-5-10-3-6-12(7-4-10)16-21(17,18)19-14/h3-4,6-7,9,16H,2,5,8H2,1H3. The van der Waals surface area contributed by atoms with Crippen LogP contribution < -0.4 is 4.72 Å². The van der Waals surface area contributed by atoms with E-state index in [0.717, 1.165) is 35.5 Å². The molecule has 8 heteroatoms. The number of aryl methyl sites for hydroxylation is 3. The van der Waals surface area contributed by atoms with Crippen molar-refractivity contribution in [2.24, 2.45) is 0 Å². The van der Waals surface area contributed by atoms with Crippen molar-refractivity contribution in [3.8, 4) is 0 Å². The fourth-order valence-corrected chi connectivity index (χ4v) is 3.38. The van der Waals surface area contributed by atoms with Gasteiger partial charge in [0.15, 0.2) is 0 Å². The molecule has 0 atom stereocenters. The number of rotatable bonds is 7. The summed E-state index contributed by atoms with van der Waals surface area (Å²) in [7, 11) is -3.71. The van der Waals surface area contributed by atoms with Crippen molar-refractivity contribution in [3.63, 3.8) is 0 Å². The third kappa shape index (κ3) is 5.20. The van der Waals surface area contributed by atoms with Crippen LogP contribution >= 0.6 is 34.3 Å². The van der Waals surface area contributed by atoms with Crippen LogP contribution in [-0.4, -0.2) is 13.4 Å². The Balaban J connectivity index is 1.93. The largest absolute Gasteiger partial charge is 0.369 e. The summed E-state index contributed by atoms with van der Waals surface area (Å²) in [5, 5.41) is 3.23. The molecule has 0 amide bonds. The highest BCUT2D eigenvalue weighted by molar-refractivity contribution is 14.1. The molecule has 0 saturated carbocycles. The van der Waals surface area contributed by atoms with Gasteiger partial charge in [0.1, 0.15) is 23.0 Å². The second-order valence-corrected chi connectivity index (χ2v) is 7.66. The number of hydrogen-bond donors (Lipinski definition) is 1. The summed E-state index contributed by atoms with van der Waals surface area (Å²) < 4.78 is 29.1. The molecule has 1 aromatic carbocycles. The van der Waals surface area contributed by atoms with Crippen molar-refractivity contribution in [2.75, 3.05) is 4.72 Å². The fourth-order valence-electron chi connectivity index (χ4n) is 1.78. The van der Waals surface area contributed by atoms with Crippen molar-refractivity contribution >= 4 is 50.3 Å². The molecule has 0 radical (unpaired) electrons. The Bertz CT molecular complexity index is 684. The lowest BCUT2D eigenvalue weighted by Gasteiger charge is -2.05. The third-order valence-electron chi connectivity index (χ3n) is 2.87. The fraction of sp³-hybridized carbons (Fsp3) is 0.308. The number of benzene rings is 1. The molecule has 0 spiro atoms. The predicted molar refractivity (Wildman–Crippen MR) is 93.0 cm³/mol. The maximum atomic E-state index is 11.2. The number of nitrogens with zero attached hydrogens (tertiary/aromatic N) is 1. The van der Waals surface area contributed by atoms with Crippen molar-refractivity contribution in [2.45, 2.75) is 26.2 Å². The summed E-state index contributed by atoms with van der Waals surface area (Å²) in [6, 6.07) is 7.25. The van der Waals surface area contributed by atoms with Crippen molar-refractivity contribution in [3.05, 3.63) is 45.9 Å². The summed E-state index contributed by atoms with van der Waals surface area (Å²) in [6.07, 6.45) is 2.74. The zero-order valence-corrected chi connectivity index (χ0v) is 15.2. The van der Waals surface area contributed by atoms with Crippen LogP contribution in [0.15, 0.2) is 29.6 Å². The first-order valence-corrected chi connectivity index (χ1v) is 9.54. The average Bonchev–Trinajstić information content (AvgIpc) is 2.94. The summed E-state index contributed by atoms with van der Waals surface area (Å²) in [5.41, 5.74) is 2.76. The molecular formula is C13H15IN2O3S2. The van der Waals surface area contributed by atoms with Crippen LogP contribution in [0.4, 0.5) is 5.69 Å². The van der Waals surface area contributed by atoms with Crippen LogP contribution in [0.25, 0.3) is 0 Å². The third-order valence-corrected chi connectivity index (χ3v) is 5.90. The van der Waals surface area contributed by atoms with Gasteiger partial charge in [-0.25, -0.2) is 4.98 Å². The van der Waals surface area contributed by atoms with Crippen LogP contribution in [-0.2, 0) is 32.1 Å². The number of thiazole rings is 1. The molecule has 0 unspecified atom stereocenters. The molecule has 0 aliphatic carbocycles. The highest BCUT2D eigenvalue weighted by Crippen LogP contribution is 2.16. The molecule has 0 aliphatic heterocycles. The van der Waals surface area contributed by atoms with Gasteiger partial charge in [0.2, 0.25) is 0 Å². The maximum absolute atomic E-state index is 11.2. The lowest BCUT2D eigenvalue weighted by atomic mass is 10.1. The van der Waals surface area contributed by atoms with Gasteiger partial charge in [-0.1, -0.05) is 19.1 Å². The van der Waals surface area contributed by atoms with E-state index in [4.69, 9.17) is 0 Å². The second kappa shape index (κ2) is 7.52. The Labute approximate surface area is 142 Å². The SMILES string of the molecule is CCc1csc(CCc2ccc(NS(=O)(=O)OI)cc2)n1. The van der Waals surface area contributed by atoms with E-state index in [9.17, 15) is 8.42 Å². The molecule has 114 valence electrons. The second-order valence-electron chi connectivity index (χ2n) is 4.40. The van der Waals surface area contributed by atoms with Gasteiger partial charge >= 0.3 is 10.3 Å². The summed E-state index contributed by atoms with van der Waals surface area (Å²) in [5.74, 6) is 0. The van der Waals surface area contributed by atoms with Gasteiger partial charge in [0.25, 0.3) is 0 Å². The van der Waals surface area contributed by atoms with E-state index in [2.05, 4.69) is 24.5 Å². The van der Waals surface area contributed by atoms with E-state index in [0.29, 0.717) is 5.69 Å². The van der Waals surface area contributed by atoms with Crippen molar-refractivity contribution < 1.29 is 10.9 Å². The Morgan fingerprint density at radius 2 is 2.00 bits per heavy atom. The van der Waals surface area contributed by atoms with E-state index in [-0.39, 0.29) is 0 Å². The van der Waals surface area contributed by atoms with E-state index in [1.807, 2.05) is 12.1 Å². The minimum Gasteiger partial charge on any atom is -0.260 e. The summed E-state index contributed by atoms with van der Waals surface area (Å²) in [4.78, 5) is 4.53. The van der Waals surface area contributed by atoms with Gasteiger partial charge < -0.3 is 0 Å².